The summed E-state index contributed by atoms with van der Waals surface area (Å²) in [6.07, 6.45) is 1.68. The summed E-state index contributed by atoms with van der Waals surface area (Å²) in [6.45, 7) is 0.590. The molecule has 0 radical (unpaired) electrons. The van der Waals surface area contributed by atoms with Gasteiger partial charge in [-0.3, -0.25) is 4.68 Å². The molecule has 0 aliphatic heterocycles. The van der Waals surface area contributed by atoms with Gasteiger partial charge in [-0.1, -0.05) is 23.7 Å². The molecule has 0 amide bonds. The molecule has 0 spiro atoms. The van der Waals surface area contributed by atoms with Crippen LogP contribution in [0.3, 0.4) is 0 Å². The third-order valence-corrected chi connectivity index (χ3v) is 3.21. The summed E-state index contributed by atoms with van der Waals surface area (Å²) in [5.41, 5.74) is 1.87. The number of rotatable bonds is 3. The van der Waals surface area contributed by atoms with E-state index < -0.39 is 0 Å². The lowest BCUT2D eigenvalue weighted by molar-refractivity contribution is 0.268. The highest BCUT2D eigenvalue weighted by Gasteiger charge is 2.07. The SMILES string of the molecule is OCc1c(Br)cnn1Cc1ccc(Cl)cc1. The lowest BCUT2D eigenvalue weighted by Crippen LogP contribution is -2.06. The molecule has 1 aromatic heterocycles. The van der Waals surface area contributed by atoms with Gasteiger partial charge in [-0.15, -0.1) is 0 Å². The Labute approximate surface area is 107 Å². The lowest BCUT2D eigenvalue weighted by Gasteiger charge is -2.06. The van der Waals surface area contributed by atoms with Crippen LogP contribution in [0.4, 0.5) is 0 Å². The van der Waals surface area contributed by atoms with Gasteiger partial charge in [0.15, 0.2) is 0 Å². The molecule has 2 aromatic rings. The maximum atomic E-state index is 9.20. The molecule has 0 unspecified atom stereocenters. The Kier molecular flexibility index (Phi) is 3.63. The van der Waals surface area contributed by atoms with Crippen molar-refractivity contribution in [1.29, 1.82) is 0 Å². The molecule has 1 N–H and O–H groups in total. The fraction of sp³-hybridized carbons (Fsp3) is 0.182. The third-order valence-electron chi connectivity index (χ3n) is 2.29. The van der Waals surface area contributed by atoms with Crippen LogP contribution >= 0.6 is 27.5 Å². The predicted molar refractivity (Wildman–Crippen MR) is 66.4 cm³/mol. The van der Waals surface area contributed by atoms with Crippen LogP contribution in [0, 0.1) is 0 Å². The third kappa shape index (κ3) is 2.45. The van der Waals surface area contributed by atoms with E-state index >= 15 is 0 Å². The first-order valence-electron chi connectivity index (χ1n) is 4.76. The maximum absolute atomic E-state index is 9.20. The topological polar surface area (TPSA) is 38.1 Å². The average molecular weight is 302 g/mol. The van der Waals surface area contributed by atoms with Crippen LogP contribution in [0.25, 0.3) is 0 Å². The van der Waals surface area contributed by atoms with Crippen molar-refractivity contribution in [1.82, 2.24) is 9.78 Å². The minimum absolute atomic E-state index is 0.0336. The molecule has 0 fully saturated rings. The van der Waals surface area contributed by atoms with Gasteiger partial charge in [0, 0.05) is 5.02 Å². The first-order valence-corrected chi connectivity index (χ1v) is 5.93. The number of aliphatic hydroxyl groups excluding tert-OH is 1. The maximum Gasteiger partial charge on any atom is 0.0861 e. The van der Waals surface area contributed by atoms with Gasteiger partial charge in [0.25, 0.3) is 0 Å². The molecule has 0 saturated heterocycles. The molecule has 1 heterocycles. The monoisotopic (exact) mass is 300 g/mol. The van der Waals surface area contributed by atoms with Gasteiger partial charge < -0.3 is 5.11 Å². The summed E-state index contributed by atoms with van der Waals surface area (Å²) >= 11 is 9.15. The Bertz CT molecular complexity index is 481. The van der Waals surface area contributed by atoms with Gasteiger partial charge in [0.2, 0.25) is 0 Å². The minimum atomic E-state index is -0.0336. The van der Waals surface area contributed by atoms with Gasteiger partial charge >= 0.3 is 0 Å². The first kappa shape index (κ1) is 11.6. The van der Waals surface area contributed by atoms with Gasteiger partial charge in [-0.2, -0.15) is 5.10 Å². The molecule has 5 heteroatoms. The molecular weight excluding hydrogens is 291 g/mol. The van der Waals surface area contributed by atoms with Crippen LogP contribution in [0.1, 0.15) is 11.3 Å². The number of nitrogens with zero attached hydrogens (tertiary/aromatic N) is 2. The molecule has 0 aliphatic rings. The first-order chi connectivity index (χ1) is 7.70. The van der Waals surface area contributed by atoms with Crippen LogP contribution in [0.15, 0.2) is 34.9 Å². The van der Waals surface area contributed by atoms with E-state index in [4.69, 9.17) is 11.6 Å². The van der Waals surface area contributed by atoms with Gasteiger partial charge in [0.1, 0.15) is 0 Å². The quantitative estimate of drug-likeness (QED) is 0.946. The Balaban J connectivity index is 2.23. The highest BCUT2D eigenvalue weighted by atomic mass is 79.9. The predicted octanol–water partition coefficient (Wildman–Crippen LogP) is 2.84. The molecule has 2 rings (SSSR count). The van der Waals surface area contributed by atoms with Crippen molar-refractivity contribution in [3.8, 4) is 0 Å². The molecule has 16 heavy (non-hydrogen) atoms. The van der Waals surface area contributed by atoms with Gasteiger partial charge in [0.05, 0.1) is 29.5 Å². The van der Waals surface area contributed by atoms with Crippen LogP contribution < -0.4 is 0 Å². The molecule has 0 bridgehead atoms. The summed E-state index contributed by atoms with van der Waals surface area (Å²) in [5, 5.41) is 14.1. The largest absolute Gasteiger partial charge is 0.390 e. The second-order valence-electron chi connectivity index (χ2n) is 3.38. The van der Waals surface area contributed by atoms with Crippen LogP contribution in [-0.2, 0) is 13.2 Å². The van der Waals surface area contributed by atoms with Gasteiger partial charge in [-0.05, 0) is 33.6 Å². The Hall–Kier alpha value is -0.840. The minimum Gasteiger partial charge on any atom is -0.390 e. The van der Waals surface area contributed by atoms with Crippen molar-refractivity contribution < 1.29 is 5.11 Å². The van der Waals surface area contributed by atoms with E-state index in [0.29, 0.717) is 11.6 Å². The van der Waals surface area contributed by atoms with Crippen molar-refractivity contribution in [2.24, 2.45) is 0 Å². The molecular formula is C11H10BrClN2O. The Morgan fingerprint density at radius 1 is 1.31 bits per heavy atom. The molecule has 0 saturated carbocycles. The van der Waals surface area contributed by atoms with Crippen LogP contribution in [0.5, 0.6) is 0 Å². The van der Waals surface area contributed by atoms with E-state index in [-0.39, 0.29) is 6.61 Å². The summed E-state index contributed by atoms with van der Waals surface area (Å²) in [5.74, 6) is 0. The highest BCUT2D eigenvalue weighted by molar-refractivity contribution is 9.10. The van der Waals surface area contributed by atoms with E-state index in [0.717, 1.165) is 15.7 Å². The molecule has 3 nitrogen and oxygen atoms in total. The summed E-state index contributed by atoms with van der Waals surface area (Å²) in [6, 6.07) is 7.57. The molecule has 0 atom stereocenters. The zero-order valence-electron chi connectivity index (χ0n) is 8.40. The van der Waals surface area contributed by atoms with Crippen LogP contribution in [0.2, 0.25) is 5.02 Å². The number of hydrogen-bond acceptors (Lipinski definition) is 2. The zero-order chi connectivity index (χ0) is 11.5. The molecule has 84 valence electrons. The van der Waals surface area contributed by atoms with Crippen molar-refractivity contribution in [2.45, 2.75) is 13.2 Å². The second-order valence-corrected chi connectivity index (χ2v) is 4.67. The molecule has 0 aliphatic carbocycles. The van der Waals surface area contributed by atoms with Crippen molar-refractivity contribution in [3.05, 3.63) is 51.2 Å². The normalized spacial score (nSPS) is 10.7. The second kappa shape index (κ2) is 4.99. The Morgan fingerprint density at radius 3 is 2.62 bits per heavy atom. The van der Waals surface area contributed by atoms with Crippen molar-refractivity contribution in [2.75, 3.05) is 0 Å². The summed E-state index contributed by atoms with van der Waals surface area (Å²) < 4.78 is 2.58. The lowest BCUT2D eigenvalue weighted by atomic mass is 10.2. The number of benzene rings is 1. The van der Waals surface area contributed by atoms with Crippen molar-refractivity contribution >= 4 is 27.5 Å². The fourth-order valence-corrected chi connectivity index (χ4v) is 1.99. The zero-order valence-corrected chi connectivity index (χ0v) is 10.7. The van der Waals surface area contributed by atoms with Crippen LogP contribution in [-0.4, -0.2) is 14.9 Å². The fourth-order valence-electron chi connectivity index (χ4n) is 1.44. The van der Waals surface area contributed by atoms with E-state index in [1.807, 2.05) is 24.3 Å². The number of aromatic nitrogens is 2. The van der Waals surface area contributed by atoms with E-state index in [1.54, 1.807) is 10.9 Å². The van der Waals surface area contributed by atoms with E-state index in [1.165, 1.54) is 0 Å². The summed E-state index contributed by atoms with van der Waals surface area (Å²) in [4.78, 5) is 0. The summed E-state index contributed by atoms with van der Waals surface area (Å²) in [7, 11) is 0. The average Bonchev–Trinajstić information content (AvgIpc) is 2.63. The molecule has 1 aromatic carbocycles. The van der Waals surface area contributed by atoms with E-state index in [2.05, 4.69) is 21.0 Å². The smallest absolute Gasteiger partial charge is 0.0861 e. The van der Waals surface area contributed by atoms with Gasteiger partial charge in [-0.25, -0.2) is 0 Å². The van der Waals surface area contributed by atoms with E-state index in [9.17, 15) is 5.11 Å². The standard InChI is InChI=1S/C11H10BrClN2O/c12-10-5-14-15(11(10)7-16)6-8-1-3-9(13)4-2-8/h1-5,16H,6-7H2. The number of aliphatic hydroxyl groups is 1. The number of hydrogen-bond donors (Lipinski definition) is 1. The Morgan fingerprint density at radius 2 is 2.00 bits per heavy atom. The van der Waals surface area contributed by atoms with Crippen molar-refractivity contribution in [3.63, 3.8) is 0 Å². The highest BCUT2D eigenvalue weighted by Crippen LogP contribution is 2.17. The number of halogens is 2.